The monoisotopic (exact) mass is 232 g/mol. The molecule has 3 heteroatoms. The van der Waals surface area contributed by atoms with E-state index in [4.69, 9.17) is 10.4 Å². The van der Waals surface area contributed by atoms with Crippen molar-refractivity contribution in [2.45, 2.75) is 39.3 Å². The van der Waals surface area contributed by atoms with Crippen LogP contribution in [0.5, 0.6) is 0 Å². The summed E-state index contributed by atoms with van der Waals surface area (Å²) in [5.41, 5.74) is 2.34. The van der Waals surface area contributed by atoms with Crippen molar-refractivity contribution in [1.82, 2.24) is 0 Å². The zero-order valence-corrected chi connectivity index (χ0v) is 10.8. The van der Waals surface area contributed by atoms with Gasteiger partial charge in [0.2, 0.25) is 0 Å². The molecule has 0 aliphatic carbocycles. The lowest BCUT2D eigenvalue weighted by atomic mass is 10.1. The van der Waals surface area contributed by atoms with Crippen LogP contribution < -0.4 is 4.90 Å². The molecule has 17 heavy (non-hydrogen) atoms. The molecule has 1 aromatic rings. The van der Waals surface area contributed by atoms with Crippen molar-refractivity contribution in [3.8, 4) is 6.07 Å². The van der Waals surface area contributed by atoms with Gasteiger partial charge >= 0.3 is 0 Å². The summed E-state index contributed by atoms with van der Waals surface area (Å²) in [5, 5.41) is 18.2. The number of rotatable bonds is 5. The molecule has 0 aromatic heterocycles. The second-order valence-corrected chi connectivity index (χ2v) is 4.37. The zero-order chi connectivity index (χ0) is 12.8. The third-order valence-corrected chi connectivity index (χ3v) is 3.11. The van der Waals surface area contributed by atoms with Crippen molar-refractivity contribution < 1.29 is 5.11 Å². The smallest absolute Gasteiger partial charge is 0.101 e. The lowest BCUT2D eigenvalue weighted by Gasteiger charge is -2.27. The molecule has 0 aliphatic heterocycles. The quantitative estimate of drug-likeness (QED) is 0.849. The SMILES string of the molecule is CCCC(C)N(C)c1ccc(CO)cc1C#N. The Morgan fingerprint density at radius 1 is 1.47 bits per heavy atom. The van der Waals surface area contributed by atoms with Crippen molar-refractivity contribution in [2.24, 2.45) is 0 Å². The molecule has 0 bridgehead atoms. The first-order valence-electron chi connectivity index (χ1n) is 6.00. The molecule has 0 saturated heterocycles. The maximum absolute atomic E-state index is 9.14. The molecule has 0 amide bonds. The summed E-state index contributed by atoms with van der Waals surface area (Å²) in [6, 6.07) is 8.14. The van der Waals surface area contributed by atoms with E-state index in [0.29, 0.717) is 11.6 Å². The number of anilines is 1. The summed E-state index contributed by atoms with van der Waals surface area (Å²) in [7, 11) is 2.01. The molecule has 0 aliphatic rings. The summed E-state index contributed by atoms with van der Waals surface area (Å²) < 4.78 is 0. The van der Waals surface area contributed by atoms with E-state index >= 15 is 0 Å². The molecule has 0 heterocycles. The van der Waals surface area contributed by atoms with Gasteiger partial charge < -0.3 is 10.0 Å². The van der Waals surface area contributed by atoms with E-state index in [-0.39, 0.29) is 6.61 Å². The summed E-state index contributed by atoms with van der Waals surface area (Å²) in [6.07, 6.45) is 2.23. The van der Waals surface area contributed by atoms with Gasteiger partial charge in [0, 0.05) is 13.1 Å². The van der Waals surface area contributed by atoms with Gasteiger partial charge in [0.15, 0.2) is 0 Å². The first-order chi connectivity index (χ1) is 8.13. The molecule has 0 fully saturated rings. The number of benzene rings is 1. The van der Waals surface area contributed by atoms with Crippen LogP contribution in [0.4, 0.5) is 5.69 Å². The standard InChI is InChI=1S/C14H20N2O/c1-4-5-11(2)16(3)14-7-6-12(10-17)8-13(14)9-15/h6-8,11,17H,4-5,10H2,1-3H3. The van der Waals surface area contributed by atoms with E-state index in [9.17, 15) is 0 Å². The van der Waals surface area contributed by atoms with E-state index in [2.05, 4.69) is 24.8 Å². The van der Waals surface area contributed by atoms with Crippen LogP contribution in [0.1, 0.15) is 37.8 Å². The van der Waals surface area contributed by atoms with Gasteiger partial charge in [0.25, 0.3) is 0 Å². The minimum atomic E-state index is -0.0246. The minimum absolute atomic E-state index is 0.0246. The first-order valence-corrected chi connectivity index (χ1v) is 6.00. The highest BCUT2D eigenvalue weighted by molar-refractivity contribution is 5.60. The molecule has 1 aromatic carbocycles. The Hall–Kier alpha value is -1.53. The molecule has 1 unspecified atom stereocenters. The number of nitriles is 1. The fourth-order valence-electron chi connectivity index (χ4n) is 1.93. The fourth-order valence-corrected chi connectivity index (χ4v) is 1.93. The van der Waals surface area contributed by atoms with Crippen LogP contribution in [-0.2, 0) is 6.61 Å². The summed E-state index contributed by atoms with van der Waals surface area (Å²) in [4.78, 5) is 2.13. The van der Waals surface area contributed by atoms with Crippen LogP contribution in [0, 0.1) is 11.3 Å². The van der Waals surface area contributed by atoms with Crippen molar-refractivity contribution in [1.29, 1.82) is 5.26 Å². The Bertz CT molecular complexity index is 409. The van der Waals surface area contributed by atoms with Gasteiger partial charge in [0.05, 0.1) is 17.9 Å². The highest BCUT2D eigenvalue weighted by Gasteiger charge is 2.13. The second-order valence-electron chi connectivity index (χ2n) is 4.37. The zero-order valence-electron chi connectivity index (χ0n) is 10.8. The van der Waals surface area contributed by atoms with Gasteiger partial charge in [-0.15, -0.1) is 0 Å². The Kier molecular flexibility index (Phi) is 4.99. The van der Waals surface area contributed by atoms with Crippen LogP contribution in [0.25, 0.3) is 0 Å². The number of hydrogen-bond acceptors (Lipinski definition) is 3. The van der Waals surface area contributed by atoms with E-state index < -0.39 is 0 Å². The predicted octanol–water partition coefficient (Wildman–Crippen LogP) is 2.68. The Morgan fingerprint density at radius 3 is 2.71 bits per heavy atom. The van der Waals surface area contributed by atoms with E-state index in [1.807, 2.05) is 19.2 Å². The van der Waals surface area contributed by atoms with Crippen molar-refractivity contribution >= 4 is 5.69 Å². The molecule has 92 valence electrons. The lowest BCUT2D eigenvalue weighted by molar-refractivity contribution is 0.282. The number of aliphatic hydroxyl groups is 1. The van der Waals surface area contributed by atoms with Crippen molar-refractivity contribution in [3.63, 3.8) is 0 Å². The van der Waals surface area contributed by atoms with E-state index in [1.165, 1.54) is 0 Å². The highest BCUT2D eigenvalue weighted by Crippen LogP contribution is 2.23. The number of hydrogen-bond donors (Lipinski definition) is 1. The van der Waals surface area contributed by atoms with Crippen LogP contribution in [0.15, 0.2) is 18.2 Å². The van der Waals surface area contributed by atoms with Gasteiger partial charge in [-0.25, -0.2) is 0 Å². The molecular formula is C14H20N2O. The minimum Gasteiger partial charge on any atom is -0.392 e. The highest BCUT2D eigenvalue weighted by atomic mass is 16.3. The number of aliphatic hydroxyl groups excluding tert-OH is 1. The predicted molar refractivity (Wildman–Crippen MR) is 69.9 cm³/mol. The van der Waals surface area contributed by atoms with Gasteiger partial charge in [0.1, 0.15) is 6.07 Å². The summed E-state index contributed by atoms with van der Waals surface area (Å²) in [6.45, 7) is 4.29. The topological polar surface area (TPSA) is 47.3 Å². The average Bonchev–Trinajstić information content (AvgIpc) is 2.37. The third-order valence-electron chi connectivity index (χ3n) is 3.11. The number of nitrogens with zero attached hydrogens (tertiary/aromatic N) is 2. The van der Waals surface area contributed by atoms with Crippen LogP contribution in [0.3, 0.4) is 0 Å². The van der Waals surface area contributed by atoms with Crippen molar-refractivity contribution in [3.05, 3.63) is 29.3 Å². The Morgan fingerprint density at radius 2 is 2.18 bits per heavy atom. The summed E-state index contributed by atoms with van der Waals surface area (Å²) >= 11 is 0. The van der Waals surface area contributed by atoms with E-state index in [0.717, 1.165) is 24.1 Å². The molecule has 0 saturated carbocycles. The Balaban J connectivity index is 3.01. The van der Waals surface area contributed by atoms with E-state index in [1.54, 1.807) is 6.07 Å². The van der Waals surface area contributed by atoms with Crippen LogP contribution in [-0.4, -0.2) is 18.2 Å². The van der Waals surface area contributed by atoms with Gasteiger partial charge in [-0.3, -0.25) is 0 Å². The molecule has 1 rings (SSSR count). The third kappa shape index (κ3) is 3.21. The van der Waals surface area contributed by atoms with Crippen LogP contribution >= 0.6 is 0 Å². The second kappa shape index (κ2) is 6.27. The normalized spacial score (nSPS) is 11.9. The van der Waals surface area contributed by atoms with Crippen LogP contribution in [0.2, 0.25) is 0 Å². The first kappa shape index (κ1) is 13.5. The maximum Gasteiger partial charge on any atom is 0.101 e. The molecule has 1 atom stereocenters. The molecule has 0 radical (unpaired) electrons. The van der Waals surface area contributed by atoms with Gasteiger partial charge in [-0.1, -0.05) is 19.4 Å². The summed E-state index contributed by atoms with van der Waals surface area (Å²) in [5.74, 6) is 0. The lowest BCUT2D eigenvalue weighted by Crippen LogP contribution is -2.29. The molecule has 0 spiro atoms. The largest absolute Gasteiger partial charge is 0.392 e. The van der Waals surface area contributed by atoms with Gasteiger partial charge in [-0.2, -0.15) is 5.26 Å². The van der Waals surface area contributed by atoms with Crippen molar-refractivity contribution in [2.75, 3.05) is 11.9 Å². The molecule has 3 nitrogen and oxygen atoms in total. The van der Waals surface area contributed by atoms with Gasteiger partial charge in [-0.05, 0) is 31.0 Å². The molecule has 1 N–H and O–H groups in total. The molecular weight excluding hydrogens is 212 g/mol. The maximum atomic E-state index is 9.14. The average molecular weight is 232 g/mol. The Labute approximate surface area is 103 Å². The fraction of sp³-hybridized carbons (Fsp3) is 0.500.